The molecule has 0 aromatic heterocycles. The van der Waals surface area contributed by atoms with Gasteiger partial charge in [0.2, 0.25) is 0 Å². The fourth-order valence-electron chi connectivity index (χ4n) is 2.51. The Labute approximate surface area is 133 Å². The van der Waals surface area contributed by atoms with Crippen molar-refractivity contribution >= 4 is 0 Å². The molecule has 0 aliphatic carbocycles. The first-order valence-electron chi connectivity index (χ1n) is 7.71. The average molecular weight is 299 g/mol. The van der Waals surface area contributed by atoms with E-state index in [1.54, 1.807) is 14.2 Å². The Bertz CT molecular complexity index is 569. The van der Waals surface area contributed by atoms with Crippen LogP contribution in [0.4, 0.5) is 0 Å². The number of hydrogen-bond donors (Lipinski definition) is 1. The van der Waals surface area contributed by atoms with Gasteiger partial charge in [-0.1, -0.05) is 42.5 Å². The Kier molecular flexibility index (Phi) is 6.28. The molecule has 2 rings (SSSR count). The third kappa shape index (κ3) is 4.50. The second-order valence-electron chi connectivity index (χ2n) is 5.46. The molecular formula is C19H25NO2. The van der Waals surface area contributed by atoms with Crippen LogP contribution in [0.15, 0.2) is 48.5 Å². The van der Waals surface area contributed by atoms with Crippen molar-refractivity contribution in [3.8, 4) is 11.5 Å². The summed E-state index contributed by atoms with van der Waals surface area (Å²) in [6, 6.07) is 17.0. The molecule has 0 fully saturated rings. The largest absolute Gasteiger partial charge is 0.493 e. The molecular weight excluding hydrogens is 274 g/mol. The number of hydrogen-bond acceptors (Lipinski definition) is 3. The van der Waals surface area contributed by atoms with E-state index in [2.05, 4.69) is 48.6 Å². The Morgan fingerprint density at radius 1 is 0.955 bits per heavy atom. The zero-order valence-corrected chi connectivity index (χ0v) is 13.6. The molecule has 0 bridgehead atoms. The van der Waals surface area contributed by atoms with Gasteiger partial charge in [-0.15, -0.1) is 0 Å². The Balaban J connectivity index is 1.87. The number of nitrogens with one attached hydrogen (secondary N) is 1. The molecule has 118 valence electrons. The monoisotopic (exact) mass is 299 g/mol. The van der Waals surface area contributed by atoms with Crippen molar-refractivity contribution in [3.63, 3.8) is 0 Å². The zero-order chi connectivity index (χ0) is 15.8. The SMILES string of the molecule is COc1cccc(CN[C@@H](C)CCc2ccccc2)c1OC. The number of ether oxygens (including phenoxy) is 2. The minimum atomic E-state index is 0.441. The number of aryl methyl sites for hydroxylation is 1. The van der Waals surface area contributed by atoms with E-state index in [1.807, 2.05) is 12.1 Å². The number of methoxy groups -OCH3 is 2. The van der Waals surface area contributed by atoms with E-state index in [0.717, 1.165) is 36.4 Å². The average Bonchev–Trinajstić information content (AvgIpc) is 2.58. The molecule has 0 aliphatic rings. The Morgan fingerprint density at radius 3 is 2.41 bits per heavy atom. The second-order valence-corrected chi connectivity index (χ2v) is 5.46. The molecule has 2 aromatic rings. The van der Waals surface area contributed by atoms with Gasteiger partial charge in [-0.25, -0.2) is 0 Å². The van der Waals surface area contributed by atoms with Crippen LogP contribution in [0.5, 0.6) is 11.5 Å². The molecule has 1 atom stereocenters. The van der Waals surface area contributed by atoms with E-state index < -0.39 is 0 Å². The van der Waals surface area contributed by atoms with Crippen molar-refractivity contribution in [3.05, 3.63) is 59.7 Å². The first-order chi connectivity index (χ1) is 10.7. The molecule has 0 saturated carbocycles. The van der Waals surface area contributed by atoms with Crippen LogP contribution in [0.25, 0.3) is 0 Å². The van der Waals surface area contributed by atoms with Gasteiger partial charge in [0, 0.05) is 18.2 Å². The number of rotatable bonds is 8. The van der Waals surface area contributed by atoms with Crippen molar-refractivity contribution in [1.29, 1.82) is 0 Å². The summed E-state index contributed by atoms with van der Waals surface area (Å²) >= 11 is 0. The third-order valence-corrected chi connectivity index (χ3v) is 3.83. The normalized spacial score (nSPS) is 12.0. The maximum Gasteiger partial charge on any atom is 0.165 e. The molecule has 3 nitrogen and oxygen atoms in total. The summed E-state index contributed by atoms with van der Waals surface area (Å²) in [6.45, 7) is 2.99. The maximum atomic E-state index is 5.46. The van der Waals surface area contributed by atoms with Gasteiger partial charge in [0.1, 0.15) is 0 Å². The minimum absolute atomic E-state index is 0.441. The Hall–Kier alpha value is -2.00. The highest BCUT2D eigenvalue weighted by atomic mass is 16.5. The number of benzene rings is 2. The lowest BCUT2D eigenvalue weighted by molar-refractivity contribution is 0.349. The first kappa shape index (κ1) is 16.4. The number of para-hydroxylation sites is 1. The summed E-state index contributed by atoms with van der Waals surface area (Å²) in [6.07, 6.45) is 2.19. The third-order valence-electron chi connectivity index (χ3n) is 3.83. The molecule has 0 aliphatic heterocycles. The van der Waals surface area contributed by atoms with Gasteiger partial charge in [-0.2, -0.15) is 0 Å². The van der Waals surface area contributed by atoms with Crippen molar-refractivity contribution in [2.24, 2.45) is 0 Å². The summed E-state index contributed by atoms with van der Waals surface area (Å²) in [4.78, 5) is 0. The van der Waals surface area contributed by atoms with Gasteiger partial charge < -0.3 is 14.8 Å². The van der Waals surface area contributed by atoms with Crippen LogP contribution in [0.1, 0.15) is 24.5 Å². The molecule has 0 spiro atoms. The lowest BCUT2D eigenvalue weighted by Crippen LogP contribution is -2.26. The molecule has 0 amide bonds. The highest BCUT2D eigenvalue weighted by Crippen LogP contribution is 2.30. The van der Waals surface area contributed by atoms with Gasteiger partial charge in [0.05, 0.1) is 14.2 Å². The van der Waals surface area contributed by atoms with E-state index in [9.17, 15) is 0 Å². The minimum Gasteiger partial charge on any atom is -0.493 e. The highest BCUT2D eigenvalue weighted by Gasteiger charge is 2.10. The topological polar surface area (TPSA) is 30.5 Å². The second kappa shape index (κ2) is 8.44. The van der Waals surface area contributed by atoms with Crippen molar-refractivity contribution in [2.75, 3.05) is 14.2 Å². The molecule has 2 aromatic carbocycles. The predicted octanol–water partition coefficient (Wildman–Crippen LogP) is 3.81. The van der Waals surface area contributed by atoms with Crippen LogP contribution in [-0.4, -0.2) is 20.3 Å². The Morgan fingerprint density at radius 2 is 1.73 bits per heavy atom. The van der Waals surface area contributed by atoms with Crippen molar-refractivity contribution < 1.29 is 9.47 Å². The molecule has 0 radical (unpaired) electrons. The van der Waals surface area contributed by atoms with Crippen molar-refractivity contribution in [1.82, 2.24) is 5.32 Å². The van der Waals surface area contributed by atoms with Gasteiger partial charge in [-0.05, 0) is 31.4 Å². The van der Waals surface area contributed by atoms with Crippen LogP contribution < -0.4 is 14.8 Å². The standard InChI is InChI=1S/C19H25NO2/c1-15(12-13-16-8-5-4-6-9-16)20-14-17-10-7-11-18(21-2)19(17)22-3/h4-11,15,20H,12-14H2,1-3H3/t15-/m0/s1. The van der Waals surface area contributed by atoms with Crippen LogP contribution in [-0.2, 0) is 13.0 Å². The van der Waals surface area contributed by atoms with Crippen molar-refractivity contribution in [2.45, 2.75) is 32.4 Å². The van der Waals surface area contributed by atoms with E-state index in [1.165, 1.54) is 5.56 Å². The zero-order valence-electron chi connectivity index (χ0n) is 13.6. The van der Waals surface area contributed by atoms with E-state index in [0.29, 0.717) is 6.04 Å². The van der Waals surface area contributed by atoms with Gasteiger partial charge in [0.15, 0.2) is 11.5 Å². The van der Waals surface area contributed by atoms with Gasteiger partial charge in [0.25, 0.3) is 0 Å². The van der Waals surface area contributed by atoms with Crippen LogP contribution >= 0.6 is 0 Å². The first-order valence-corrected chi connectivity index (χ1v) is 7.71. The van der Waals surface area contributed by atoms with E-state index in [4.69, 9.17) is 9.47 Å². The lowest BCUT2D eigenvalue weighted by atomic mass is 10.1. The van der Waals surface area contributed by atoms with Crippen LogP contribution in [0.2, 0.25) is 0 Å². The smallest absolute Gasteiger partial charge is 0.165 e. The molecule has 22 heavy (non-hydrogen) atoms. The molecule has 0 heterocycles. The molecule has 0 saturated heterocycles. The predicted molar refractivity (Wildman–Crippen MR) is 90.6 cm³/mol. The van der Waals surface area contributed by atoms with Gasteiger partial charge >= 0.3 is 0 Å². The fourth-order valence-corrected chi connectivity index (χ4v) is 2.51. The molecule has 1 N–H and O–H groups in total. The van der Waals surface area contributed by atoms with Crippen LogP contribution in [0, 0.1) is 0 Å². The summed E-state index contributed by atoms with van der Waals surface area (Å²) in [5.74, 6) is 1.59. The highest BCUT2D eigenvalue weighted by molar-refractivity contribution is 5.46. The van der Waals surface area contributed by atoms with Gasteiger partial charge in [-0.3, -0.25) is 0 Å². The van der Waals surface area contributed by atoms with E-state index >= 15 is 0 Å². The summed E-state index contributed by atoms with van der Waals surface area (Å²) < 4.78 is 10.8. The van der Waals surface area contributed by atoms with E-state index in [-0.39, 0.29) is 0 Å². The fraction of sp³-hybridized carbons (Fsp3) is 0.368. The maximum absolute atomic E-state index is 5.46. The molecule has 0 unspecified atom stereocenters. The summed E-state index contributed by atoms with van der Waals surface area (Å²) in [7, 11) is 3.34. The molecule has 3 heteroatoms. The summed E-state index contributed by atoms with van der Waals surface area (Å²) in [5.41, 5.74) is 2.50. The quantitative estimate of drug-likeness (QED) is 0.804. The summed E-state index contributed by atoms with van der Waals surface area (Å²) in [5, 5.41) is 3.56. The lowest BCUT2D eigenvalue weighted by Gasteiger charge is -2.17. The van der Waals surface area contributed by atoms with Crippen LogP contribution in [0.3, 0.4) is 0 Å².